The van der Waals surface area contributed by atoms with Gasteiger partial charge in [0.15, 0.2) is 0 Å². The largest absolute Gasteiger partial charge is 0.326 e. The lowest BCUT2D eigenvalue weighted by Gasteiger charge is -2.13. The fourth-order valence-electron chi connectivity index (χ4n) is 1.83. The van der Waals surface area contributed by atoms with E-state index >= 15 is 0 Å². The summed E-state index contributed by atoms with van der Waals surface area (Å²) >= 11 is 1.71. The molecule has 0 fully saturated rings. The lowest BCUT2D eigenvalue weighted by Crippen LogP contribution is -2.07. The van der Waals surface area contributed by atoms with E-state index in [1.165, 1.54) is 18.4 Å². The zero-order chi connectivity index (χ0) is 13.4. The van der Waals surface area contributed by atoms with Gasteiger partial charge in [-0.3, -0.25) is 4.79 Å². The molecule has 0 radical (unpaired) electrons. The lowest BCUT2D eigenvalue weighted by molar-refractivity contribution is -0.114. The third-order valence-corrected chi connectivity index (χ3v) is 3.16. The maximum Gasteiger partial charge on any atom is 0.221 e. The normalized spacial score (nSPS) is 11.4. The Morgan fingerprint density at radius 2 is 2.11 bits per heavy atom. The van der Waals surface area contributed by atoms with E-state index in [9.17, 15) is 4.79 Å². The first-order valence-electron chi connectivity index (χ1n) is 6.27. The van der Waals surface area contributed by atoms with Crippen LogP contribution in [0.15, 0.2) is 29.7 Å². The molecule has 3 heteroatoms. The number of hydrogen-bond acceptors (Lipinski definition) is 2. The van der Waals surface area contributed by atoms with Gasteiger partial charge in [0, 0.05) is 18.2 Å². The predicted molar refractivity (Wildman–Crippen MR) is 81.8 cm³/mol. The van der Waals surface area contributed by atoms with Crippen molar-refractivity contribution < 1.29 is 4.79 Å². The topological polar surface area (TPSA) is 29.1 Å². The minimum Gasteiger partial charge on any atom is -0.326 e. The number of carbonyl (C=O) groups is 1. The minimum absolute atomic E-state index is 0.0264. The summed E-state index contributed by atoms with van der Waals surface area (Å²) in [6.07, 6.45) is 5.45. The van der Waals surface area contributed by atoms with Crippen molar-refractivity contribution in [3.8, 4) is 0 Å². The summed E-state index contributed by atoms with van der Waals surface area (Å²) < 4.78 is 0. The van der Waals surface area contributed by atoms with E-state index in [0.717, 1.165) is 17.7 Å². The van der Waals surface area contributed by atoms with Gasteiger partial charge < -0.3 is 5.32 Å². The SMILES string of the molecule is CCCC/C(=C\SC)c1ccccc1NC(C)=O. The number of benzene rings is 1. The Labute approximate surface area is 114 Å². The maximum atomic E-state index is 11.2. The second kappa shape index (κ2) is 7.98. The average Bonchev–Trinajstić information content (AvgIpc) is 2.35. The molecule has 1 aromatic carbocycles. The summed E-state index contributed by atoms with van der Waals surface area (Å²) in [5.74, 6) is -0.0264. The summed E-state index contributed by atoms with van der Waals surface area (Å²) in [6, 6.07) is 7.99. The molecule has 0 atom stereocenters. The second-order valence-electron chi connectivity index (χ2n) is 4.21. The van der Waals surface area contributed by atoms with Crippen LogP contribution in [0.2, 0.25) is 0 Å². The number of para-hydroxylation sites is 1. The smallest absolute Gasteiger partial charge is 0.221 e. The zero-order valence-electron chi connectivity index (χ0n) is 11.3. The molecule has 0 saturated carbocycles. The molecule has 18 heavy (non-hydrogen) atoms. The molecule has 0 saturated heterocycles. The highest BCUT2D eigenvalue weighted by Crippen LogP contribution is 2.29. The molecule has 0 aromatic heterocycles. The number of rotatable bonds is 6. The fraction of sp³-hybridized carbons (Fsp3) is 0.400. The van der Waals surface area contributed by atoms with Gasteiger partial charge in [-0.05, 0) is 36.1 Å². The van der Waals surface area contributed by atoms with Gasteiger partial charge in [0.05, 0.1) is 0 Å². The Balaban J connectivity index is 3.03. The minimum atomic E-state index is -0.0264. The molecule has 98 valence electrons. The molecule has 0 aliphatic rings. The third-order valence-electron chi connectivity index (χ3n) is 2.64. The second-order valence-corrected chi connectivity index (χ2v) is 4.92. The molecule has 0 unspecified atom stereocenters. The van der Waals surface area contributed by atoms with Crippen LogP contribution in [-0.4, -0.2) is 12.2 Å². The van der Waals surface area contributed by atoms with Crippen LogP contribution < -0.4 is 5.32 Å². The maximum absolute atomic E-state index is 11.2. The van der Waals surface area contributed by atoms with E-state index in [4.69, 9.17) is 0 Å². The molecule has 0 aliphatic heterocycles. The van der Waals surface area contributed by atoms with Crippen LogP contribution in [0.1, 0.15) is 38.7 Å². The summed E-state index contributed by atoms with van der Waals surface area (Å²) in [4.78, 5) is 11.2. The number of amides is 1. The highest BCUT2D eigenvalue weighted by Gasteiger charge is 2.07. The van der Waals surface area contributed by atoms with E-state index in [2.05, 4.69) is 30.0 Å². The molecule has 0 heterocycles. The Hall–Kier alpha value is -1.22. The average molecular weight is 263 g/mol. The Kier molecular flexibility index (Phi) is 6.58. The molecule has 1 rings (SSSR count). The first-order valence-corrected chi connectivity index (χ1v) is 7.56. The number of carbonyl (C=O) groups excluding carboxylic acids is 1. The van der Waals surface area contributed by atoms with Gasteiger partial charge in [-0.1, -0.05) is 31.5 Å². The Morgan fingerprint density at radius 3 is 2.72 bits per heavy atom. The van der Waals surface area contributed by atoms with E-state index in [1.807, 2.05) is 18.2 Å². The van der Waals surface area contributed by atoms with Crippen LogP contribution in [0, 0.1) is 0 Å². The van der Waals surface area contributed by atoms with Crippen molar-refractivity contribution >= 4 is 28.9 Å². The van der Waals surface area contributed by atoms with Gasteiger partial charge >= 0.3 is 0 Å². The summed E-state index contributed by atoms with van der Waals surface area (Å²) in [5.41, 5.74) is 3.34. The quantitative estimate of drug-likeness (QED) is 0.816. The molecular formula is C15H21NOS. The zero-order valence-corrected chi connectivity index (χ0v) is 12.1. The van der Waals surface area contributed by atoms with E-state index in [-0.39, 0.29) is 5.91 Å². The van der Waals surface area contributed by atoms with Gasteiger partial charge in [-0.25, -0.2) is 0 Å². The van der Waals surface area contributed by atoms with Crippen molar-refractivity contribution in [2.24, 2.45) is 0 Å². The number of nitrogens with one attached hydrogen (secondary N) is 1. The fourth-order valence-corrected chi connectivity index (χ4v) is 2.36. The molecule has 0 spiro atoms. The molecule has 1 amide bonds. The molecule has 2 nitrogen and oxygen atoms in total. The third kappa shape index (κ3) is 4.57. The number of allylic oxidation sites excluding steroid dienone is 1. The van der Waals surface area contributed by atoms with Crippen molar-refractivity contribution in [2.75, 3.05) is 11.6 Å². The van der Waals surface area contributed by atoms with Crippen LogP contribution in [0.4, 0.5) is 5.69 Å². The van der Waals surface area contributed by atoms with Crippen molar-refractivity contribution in [1.29, 1.82) is 0 Å². The van der Waals surface area contributed by atoms with Crippen molar-refractivity contribution in [3.63, 3.8) is 0 Å². The highest BCUT2D eigenvalue weighted by atomic mass is 32.2. The Bertz CT molecular complexity index is 426. The molecule has 0 bridgehead atoms. The van der Waals surface area contributed by atoms with Crippen LogP contribution >= 0.6 is 11.8 Å². The van der Waals surface area contributed by atoms with Gasteiger partial charge in [-0.15, -0.1) is 11.8 Å². The van der Waals surface area contributed by atoms with Crippen molar-refractivity contribution in [2.45, 2.75) is 33.1 Å². The van der Waals surface area contributed by atoms with Crippen molar-refractivity contribution in [1.82, 2.24) is 0 Å². The molecule has 1 N–H and O–H groups in total. The molecule has 0 aliphatic carbocycles. The lowest BCUT2D eigenvalue weighted by atomic mass is 10.00. The van der Waals surface area contributed by atoms with Crippen LogP contribution in [-0.2, 0) is 4.79 Å². The van der Waals surface area contributed by atoms with Gasteiger partial charge in [0.25, 0.3) is 0 Å². The summed E-state index contributed by atoms with van der Waals surface area (Å²) in [6.45, 7) is 3.73. The summed E-state index contributed by atoms with van der Waals surface area (Å²) in [7, 11) is 0. The first kappa shape index (κ1) is 14.8. The monoisotopic (exact) mass is 263 g/mol. The number of hydrogen-bond donors (Lipinski definition) is 1. The van der Waals surface area contributed by atoms with Crippen LogP contribution in [0.25, 0.3) is 5.57 Å². The van der Waals surface area contributed by atoms with E-state index < -0.39 is 0 Å². The predicted octanol–water partition coefficient (Wildman–Crippen LogP) is 4.54. The highest BCUT2D eigenvalue weighted by molar-refractivity contribution is 8.01. The number of unbranched alkanes of at least 4 members (excludes halogenated alkanes) is 1. The summed E-state index contributed by atoms with van der Waals surface area (Å²) in [5, 5.41) is 5.08. The van der Waals surface area contributed by atoms with E-state index in [1.54, 1.807) is 18.7 Å². The van der Waals surface area contributed by atoms with Crippen LogP contribution in [0.3, 0.4) is 0 Å². The Morgan fingerprint density at radius 1 is 1.39 bits per heavy atom. The van der Waals surface area contributed by atoms with Gasteiger partial charge in [-0.2, -0.15) is 0 Å². The van der Waals surface area contributed by atoms with Gasteiger partial charge in [0.1, 0.15) is 0 Å². The van der Waals surface area contributed by atoms with Crippen LogP contribution in [0.5, 0.6) is 0 Å². The standard InChI is InChI=1S/C15H21NOS/c1-4-5-8-13(11-18-3)14-9-6-7-10-15(14)16-12(2)17/h6-7,9-11H,4-5,8H2,1-3H3,(H,16,17)/b13-11+. The molecule has 1 aromatic rings. The number of anilines is 1. The van der Waals surface area contributed by atoms with E-state index in [0.29, 0.717) is 0 Å². The first-order chi connectivity index (χ1) is 8.69. The van der Waals surface area contributed by atoms with Crippen molar-refractivity contribution in [3.05, 3.63) is 35.2 Å². The van der Waals surface area contributed by atoms with Gasteiger partial charge in [0.2, 0.25) is 5.91 Å². The molecular weight excluding hydrogens is 242 g/mol. The number of thioether (sulfide) groups is 1.